The van der Waals surface area contributed by atoms with Crippen molar-refractivity contribution in [3.05, 3.63) is 0 Å². The third kappa shape index (κ3) is 11.7. The SMILES string of the molecule is CC(C)CCC(C)N.Cl. The van der Waals surface area contributed by atoms with Crippen LogP contribution in [0.15, 0.2) is 0 Å². The fourth-order valence-electron chi connectivity index (χ4n) is 0.596. The summed E-state index contributed by atoms with van der Waals surface area (Å²) >= 11 is 0. The number of hydrogen-bond donors (Lipinski definition) is 1. The first-order chi connectivity index (χ1) is 3.63. The average Bonchev–Trinajstić information content (AvgIpc) is 1.61. The van der Waals surface area contributed by atoms with Gasteiger partial charge in [0.05, 0.1) is 0 Å². The van der Waals surface area contributed by atoms with E-state index in [2.05, 4.69) is 20.8 Å². The summed E-state index contributed by atoms with van der Waals surface area (Å²) in [5, 5.41) is 0. The van der Waals surface area contributed by atoms with Gasteiger partial charge in [0.2, 0.25) is 0 Å². The van der Waals surface area contributed by atoms with Crippen LogP contribution in [0.5, 0.6) is 0 Å². The van der Waals surface area contributed by atoms with E-state index in [-0.39, 0.29) is 12.4 Å². The van der Waals surface area contributed by atoms with E-state index in [1.165, 1.54) is 6.42 Å². The Hall–Kier alpha value is 0.250. The maximum atomic E-state index is 5.54. The van der Waals surface area contributed by atoms with E-state index >= 15 is 0 Å². The van der Waals surface area contributed by atoms with Crippen molar-refractivity contribution >= 4 is 12.4 Å². The van der Waals surface area contributed by atoms with Gasteiger partial charge in [0, 0.05) is 6.04 Å². The molecule has 9 heavy (non-hydrogen) atoms. The summed E-state index contributed by atoms with van der Waals surface area (Å²) in [5.41, 5.74) is 5.54. The van der Waals surface area contributed by atoms with Gasteiger partial charge >= 0.3 is 0 Å². The molecule has 1 unspecified atom stereocenters. The fourth-order valence-corrected chi connectivity index (χ4v) is 0.596. The Morgan fingerprint density at radius 2 is 1.56 bits per heavy atom. The van der Waals surface area contributed by atoms with Crippen molar-refractivity contribution in [2.75, 3.05) is 0 Å². The maximum Gasteiger partial charge on any atom is 0.00105 e. The third-order valence-electron chi connectivity index (χ3n) is 1.20. The van der Waals surface area contributed by atoms with Gasteiger partial charge in [-0.05, 0) is 25.7 Å². The second kappa shape index (κ2) is 6.37. The average molecular weight is 152 g/mol. The summed E-state index contributed by atoms with van der Waals surface area (Å²) in [6, 6.07) is 0.386. The highest BCUT2D eigenvalue weighted by Gasteiger charge is 1.95. The molecule has 2 N–H and O–H groups in total. The molecule has 0 aliphatic carbocycles. The molecule has 0 amide bonds. The van der Waals surface area contributed by atoms with Crippen molar-refractivity contribution in [3.63, 3.8) is 0 Å². The Labute approximate surface area is 64.4 Å². The van der Waals surface area contributed by atoms with Crippen molar-refractivity contribution in [1.82, 2.24) is 0 Å². The van der Waals surface area contributed by atoms with Crippen LogP contribution in [-0.2, 0) is 0 Å². The molecule has 1 nitrogen and oxygen atoms in total. The van der Waals surface area contributed by atoms with Gasteiger partial charge in [-0.25, -0.2) is 0 Å². The lowest BCUT2D eigenvalue weighted by Gasteiger charge is -2.05. The van der Waals surface area contributed by atoms with Crippen molar-refractivity contribution in [2.45, 2.75) is 39.7 Å². The Morgan fingerprint density at radius 3 is 1.67 bits per heavy atom. The van der Waals surface area contributed by atoms with E-state index in [0.717, 1.165) is 12.3 Å². The molecule has 0 aliphatic heterocycles. The predicted molar refractivity (Wildman–Crippen MR) is 45.0 cm³/mol. The summed E-state index contributed by atoms with van der Waals surface area (Å²) in [5.74, 6) is 0.806. The van der Waals surface area contributed by atoms with Crippen LogP contribution in [0.2, 0.25) is 0 Å². The molecule has 0 spiro atoms. The maximum absolute atomic E-state index is 5.54. The lowest BCUT2D eigenvalue weighted by molar-refractivity contribution is 0.514. The first kappa shape index (κ1) is 12.0. The minimum Gasteiger partial charge on any atom is -0.328 e. The Balaban J connectivity index is 0. The second-order valence-corrected chi connectivity index (χ2v) is 2.95. The highest BCUT2D eigenvalue weighted by Crippen LogP contribution is 2.04. The normalized spacial score (nSPS) is 13.0. The Bertz CT molecular complexity index is 44.9. The van der Waals surface area contributed by atoms with Crippen LogP contribution in [0.1, 0.15) is 33.6 Å². The van der Waals surface area contributed by atoms with Crippen LogP contribution in [0.4, 0.5) is 0 Å². The Morgan fingerprint density at radius 1 is 1.11 bits per heavy atom. The number of rotatable bonds is 3. The van der Waals surface area contributed by atoms with Crippen LogP contribution < -0.4 is 5.73 Å². The van der Waals surface area contributed by atoms with Crippen LogP contribution >= 0.6 is 12.4 Å². The second-order valence-electron chi connectivity index (χ2n) is 2.95. The van der Waals surface area contributed by atoms with Gasteiger partial charge in [-0.2, -0.15) is 0 Å². The molecule has 0 saturated carbocycles. The smallest absolute Gasteiger partial charge is 0.00105 e. The van der Waals surface area contributed by atoms with Crippen molar-refractivity contribution < 1.29 is 0 Å². The summed E-state index contributed by atoms with van der Waals surface area (Å²) in [7, 11) is 0. The van der Waals surface area contributed by atoms with E-state index in [9.17, 15) is 0 Å². The molecule has 0 bridgehead atoms. The molecule has 1 atom stereocenters. The van der Waals surface area contributed by atoms with Crippen molar-refractivity contribution in [1.29, 1.82) is 0 Å². The van der Waals surface area contributed by atoms with Crippen LogP contribution in [-0.4, -0.2) is 6.04 Å². The molecule has 0 heterocycles. The van der Waals surface area contributed by atoms with Gasteiger partial charge in [-0.15, -0.1) is 12.4 Å². The lowest BCUT2D eigenvalue weighted by atomic mass is 10.1. The largest absolute Gasteiger partial charge is 0.328 e. The van der Waals surface area contributed by atoms with Gasteiger partial charge in [0.1, 0.15) is 0 Å². The highest BCUT2D eigenvalue weighted by atomic mass is 35.5. The van der Waals surface area contributed by atoms with Crippen molar-refractivity contribution in [2.24, 2.45) is 11.7 Å². The molecule has 0 aromatic carbocycles. The zero-order valence-corrected chi connectivity index (χ0v) is 7.37. The van der Waals surface area contributed by atoms with Crippen LogP contribution in [0, 0.1) is 5.92 Å². The zero-order chi connectivity index (χ0) is 6.57. The van der Waals surface area contributed by atoms with Crippen LogP contribution in [0.25, 0.3) is 0 Å². The van der Waals surface area contributed by atoms with Crippen molar-refractivity contribution in [3.8, 4) is 0 Å². The van der Waals surface area contributed by atoms with Gasteiger partial charge < -0.3 is 5.73 Å². The summed E-state index contributed by atoms with van der Waals surface area (Å²) < 4.78 is 0. The molecule has 0 aromatic rings. The number of nitrogens with two attached hydrogens (primary N) is 1. The molecular weight excluding hydrogens is 134 g/mol. The van der Waals surface area contributed by atoms with Gasteiger partial charge in [0.25, 0.3) is 0 Å². The molecule has 58 valence electrons. The number of halogens is 1. The lowest BCUT2D eigenvalue weighted by Crippen LogP contribution is -2.14. The molecule has 2 heteroatoms. The Kier molecular flexibility index (Phi) is 8.48. The highest BCUT2D eigenvalue weighted by molar-refractivity contribution is 5.85. The molecule has 0 radical (unpaired) electrons. The quantitative estimate of drug-likeness (QED) is 0.658. The molecule has 0 fully saturated rings. The minimum atomic E-state index is 0. The minimum absolute atomic E-state index is 0. The first-order valence-electron chi connectivity index (χ1n) is 3.38. The van der Waals surface area contributed by atoms with Crippen LogP contribution in [0.3, 0.4) is 0 Å². The van der Waals surface area contributed by atoms with Gasteiger partial charge in [-0.1, -0.05) is 13.8 Å². The standard InChI is InChI=1S/C7H17N.ClH/c1-6(2)4-5-7(3)8;/h6-7H,4-5,8H2,1-3H3;1H. The predicted octanol–water partition coefficient (Wildman–Crippen LogP) is 2.19. The molecule has 0 aromatic heterocycles. The molecule has 0 saturated heterocycles. The molecule has 0 aliphatic rings. The fraction of sp³-hybridized carbons (Fsp3) is 1.00. The third-order valence-corrected chi connectivity index (χ3v) is 1.20. The first-order valence-corrected chi connectivity index (χ1v) is 3.38. The van der Waals surface area contributed by atoms with E-state index in [4.69, 9.17) is 5.73 Å². The van der Waals surface area contributed by atoms with Gasteiger partial charge in [-0.3, -0.25) is 0 Å². The molecular formula is C7H18ClN. The van der Waals surface area contributed by atoms with E-state index < -0.39 is 0 Å². The summed E-state index contributed by atoms with van der Waals surface area (Å²) in [4.78, 5) is 0. The monoisotopic (exact) mass is 151 g/mol. The molecule has 0 rings (SSSR count). The zero-order valence-electron chi connectivity index (χ0n) is 6.55. The van der Waals surface area contributed by atoms with Gasteiger partial charge in [0.15, 0.2) is 0 Å². The number of hydrogen-bond acceptors (Lipinski definition) is 1. The summed E-state index contributed by atoms with van der Waals surface area (Å²) in [6.45, 7) is 6.51. The summed E-state index contributed by atoms with van der Waals surface area (Å²) in [6.07, 6.45) is 2.43. The van der Waals surface area contributed by atoms with E-state index in [0.29, 0.717) is 6.04 Å². The topological polar surface area (TPSA) is 26.0 Å². The van der Waals surface area contributed by atoms with E-state index in [1.54, 1.807) is 0 Å². The van der Waals surface area contributed by atoms with E-state index in [1.807, 2.05) is 0 Å².